The summed E-state index contributed by atoms with van der Waals surface area (Å²) in [5, 5.41) is 14.3. The Morgan fingerprint density at radius 2 is 1.76 bits per heavy atom. The fourth-order valence-corrected chi connectivity index (χ4v) is 5.55. The van der Waals surface area contributed by atoms with E-state index < -0.39 is 0 Å². The Kier molecular flexibility index (Phi) is 7.73. The third kappa shape index (κ3) is 5.33. The molecule has 192 valence electrons. The molecule has 2 heterocycles. The predicted octanol–water partition coefficient (Wildman–Crippen LogP) is 5.28. The zero-order valence-corrected chi connectivity index (χ0v) is 21.4. The zero-order chi connectivity index (χ0) is 25.6. The van der Waals surface area contributed by atoms with Crippen molar-refractivity contribution in [2.45, 2.75) is 71.4 Å². The number of imidazole rings is 1. The molecule has 5 rings (SSSR count). The van der Waals surface area contributed by atoms with Gasteiger partial charge in [0.15, 0.2) is 12.1 Å². The Morgan fingerprint density at radius 1 is 1.00 bits per heavy atom. The number of nitrogens with zero attached hydrogens (tertiary/aromatic N) is 5. The Bertz CT molecular complexity index is 1380. The highest BCUT2D eigenvalue weighted by atomic mass is 16.2. The summed E-state index contributed by atoms with van der Waals surface area (Å²) in [7, 11) is 0. The third-order valence-corrected chi connectivity index (χ3v) is 7.55. The van der Waals surface area contributed by atoms with Crippen LogP contribution in [0.25, 0.3) is 22.5 Å². The SMILES string of the molecule is CCCCc1c(C=O)n(CC2CCCCC2)c(=O)n1Cc1ccc(-c2ccccc2-c2nnn[nH]2)cc1. The van der Waals surface area contributed by atoms with E-state index >= 15 is 0 Å². The van der Waals surface area contributed by atoms with E-state index in [4.69, 9.17) is 0 Å². The first-order chi connectivity index (χ1) is 18.2. The molecule has 0 radical (unpaired) electrons. The summed E-state index contributed by atoms with van der Waals surface area (Å²) in [6, 6.07) is 16.2. The molecule has 8 heteroatoms. The molecule has 0 unspecified atom stereocenters. The average Bonchev–Trinajstić information content (AvgIpc) is 3.56. The first-order valence-corrected chi connectivity index (χ1v) is 13.4. The van der Waals surface area contributed by atoms with Crippen molar-refractivity contribution in [3.05, 3.63) is 76.0 Å². The van der Waals surface area contributed by atoms with Crippen LogP contribution < -0.4 is 5.69 Å². The molecular formula is C29H34N6O2. The van der Waals surface area contributed by atoms with Gasteiger partial charge in [-0.05, 0) is 58.7 Å². The maximum atomic E-state index is 13.6. The molecule has 0 amide bonds. The van der Waals surface area contributed by atoms with Crippen LogP contribution in [-0.4, -0.2) is 36.0 Å². The van der Waals surface area contributed by atoms with Crippen molar-refractivity contribution in [1.29, 1.82) is 0 Å². The summed E-state index contributed by atoms with van der Waals surface area (Å²) in [6.45, 7) is 3.23. The number of aromatic nitrogens is 6. The van der Waals surface area contributed by atoms with Gasteiger partial charge in [0.2, 0.25) is 0 Å². The fraction of sp³-hybridized carbons (Fsp3) is 0.414. The molecule has 2 aromatic heterocycles. The lowest BCUT2D eigenvalue weighted by Gasteiger charge is -2.21. The molecule has 1 N–H and O–H groups in total. The van der Waals surface area contributed by atoms with Gasteiger partial charge in [0.1, 0.15) is 5.69 Å². The summed E-state index contributed by atoms with van der Waals surface area (Å²) in [5.41, 5.74) is 5.38. The molecule has 1 aliphatic carbocycles. The number of hydrogen-bond donors (Lipinski definition) is 1. The second kappa shape index (κ2) is 11.5. The maximum absolute atomic E-state index is 13.6. The van der Waals surface area contributed by atoms with Crippen molar-refractivity contribution in [1.82, 2.24) is 29.8 Å². The van der Waals surface area contributed by atoms with Crippen LogP contribution in [-0.2, 0) is 19.5 Å². The normalized spacial score (nSPS) is 14.2. The molecule has 1 fully saturated rings. The summed E-state index contributed by atoms with van der Waals surface area (Å²) in [5.74, 6) is 1.09. The highest BCUT2D eigenvalue weighted by molar-refractivity contribution is 5.80. The molecule has 2 aromatic carbocycles. The highest BCUT2D eigenvalue weighted by Gasteiger charge is 2.23. The topological polar surface area (TPSA) is 98.5 Å². The number of H-pyrrole nitrogens is 1. The van der Waals surface area contributed by atoms with Gasteiger partial charge in [-0.2, -0.15) is 0 Å². The van der Waals surface area contributed by atoms with Gasteiger partial charge in [-0.25, -0.2) is 9.89 Å². The molecule has 4 aromatic rings. The lowest BCUT2D eigenvalue weighted by Crippen LogP contribution is -2.29. The van der Waals surface area contributed by atoms with Gasteiger partial charge in [-0.15, -0.1) is 5.10 Å². The summed E-state index contributed by atoms with van der Waals surface area (Å²) in [6.07, 6.45) is 9.53. The quantitative estimate of drug-likeness (QED) is 0.300. The molecule has 0 aliphatic heterocycles. The minimum atomic E-state index is -0.0639. The van der Waals surface area contributed by atoms with Crippen LogP contribution >= 0.6 is 0 Å². The number of nitrogens with one attached hydrogen (secondary N) is 1. The van der Waals surface area contributed by atoms with Gasteiger partial charge >= 0.3 is 5.69 Å². The molecule has 1 saturated carbocycles. The standard InChI is InChI=1S/C29H34N6O2/c1-2-3-13-26-27(20-36)35(18-21-9-5-4-6-10-21)29(37)34(26)19-22-14-16-23(17-15-22)24-11-7-8-12-25(24)28-30-32-33-31-28/h7-8,11-12,14-17,20-21H,2-6,9-10,13,18-19H2,1H3,(H,30,31,32,33). The summed E-state index contributed by atoms with van der Waals surface area (Å²) >= 11 is 0. The van der Waals surface area contributed by atoms with E-state index in [0.29, 0.717) is 30.5 Å². The van der Waals surface area contributed by atoms with E-state index in [1.807, 2.05) is 28.8 Å². The van der Waals surface area contributed by atoms with Gasteiger partial charge in [-0.1, -0.05) is 81.1 Å². The van der Waals surface area contributed by atoms with Gasteiger partial charge in [0, 0.05) is 12.1 Å². The number of benzene rings is 2. The minimum Gasteiger partial charge on any atom is -0.296 e. The van der Waals surface area contributed by atoms with E-state index in [9.17, 15) is 9.59 Å². The molecule has 0 saturated heterocycles. The molecule has 0 atom stereocenters. The first-order valence-electron chi connectivity index (χ1n) is 13.4. The van der Waals surface area contributed by atoms with E-state index in [1.54, 1.807) is 4.57 Å². The van der Waals surface area contributed by atoms with Crippen LogP contribution in [0.15, 0.2) is 53.3 Å². The number of tetrazole rings is 1. The lowest BCUT2D eigenvalue weighted by molar-refractivity contribution is 0.111. The number of aromatic amines is 1. The predicted molar refractivity (Wildman–Crippen MR) is 143 cm³/mol. The van der Waals surface area contributed by atoms with Crippen LogP contribution in [0.1, 0.15) is 73.6 Å². The zero-order valence-electron chi connectivity index (χ0n) is 21.4. The highest BCUT2D eigenvalue weighted by Crippen LogP contribution is 2.30. The number of hydrogen-bond acceptors (Lipinski definition) is 5. The lowest BCUT2D eigenvalue weighted by atomic mass is 9.89. The smallest absolute Gasteiger partial charge is 0.296 e. The van der Waals surface area contributed by atoms with Crippen molar-refractivity contribution in [2.75, 3.05) is 0 Å². The Labute approximate surface area is 216 Å². The van der Waals surface area contributed by atoms with E-state index in [2.05, 4.69) is 51.8 Å². The van der Waals surface area contributed by atoms with Crippen molar-refractivity contribution in [3.63, 3.8) is 0 Å². The summed E-state index contributed by atoms with van der Waals surface area (Å²) < 4.78 is 3.58. The fourth-order valence-electron chi connectivity index (χ4n) is 5.55. The van der Waals surface area contributed by atoms with E-state index in [0.717, 1.165) is 66.3 Å². The number of rotatable bonds is 10. The molecule has 37 heavy (non-hydrogen) atoms. The molecule has 1 aliphatic rings. The Hall–Kier alpha value is -3.81. The first kappa shape index (κ1) is 24.9. The van der Waals surface area contributed by atoms with Crippen LogP contribution in [0.3, 0.4) is 0 Å². The molecular weight excluding hydrogens is 464 g/mol. The average molecular weight is 499 g/mol. The van der Waals surface area contributed by atoms with E-state index in [1.165, 1.54) is 19.3 Å². The largest absolute Gasteiger partial charge is 0.329 e. The molecule has 8 nitrogen and oxygen atoms in total. The van der Waals surface area contributed by atoms with E-state index in [-0.39, 0.29) is 5.69 Å². The Morgan fingerprint density at radius 3 is 2.43 bits per heavy atom. The van der Waals surface area contributed by atoms with Crippen LogP contribution in [0, 0.1) is 5.92 Å². The van der Waals surface area contributed by atoms with Crippen molar-refractivity contribution in [3.8, 4) is 22.5 Å². The van der Waals surface area contributed by atoms with Crippen molar-refractivity contribution in [2.24, 2.45) is 5.92 Å². The third-order valence-electron chi connectivity index (χ3n) is 7.55. The monoisotopic (exact) mass is 498 g/mol. The second-order valence-corrected chi connectivity index (χ2v) is 10.0. The van der Waals surface area contributed by atoms with Crippen molar-refractivity contribution >= 4 is 6.29 Å². The second-order valence-electron chi connectivity index (χ2n) is 10.0. The van der Waals surface area contributed by atoms with Gasteiger partial charge in [0.25, 0.3) is 0 Å². The number of aldehydes is 1. The maximum Gasteiger partial charge on any atom is 0.329 e. The summed E-state index contributed by atoms with van der Waals surface area (Å²) in [4.78, 5) is 25.8. The number of carbonyl (C=O) groups is 1. The number of carbonyl (C=O) groups excluding carboxylic acids is 1. The van der Waals surface area contributed by atoms with Gasteiger partial charge in [0.05, 0.1) is 12.2 Å². The number of unbranched alkanes of at least 4 members (excludes halogenated alkanes) is 1. The van der Waals surface area contributed by atoms with Crippen LogP contribution in [0.5, 0.6) is 0 Å². The van der Waals surface area contributed by atoms with Crippen molar-refractivity contribution < 1.29 is 4.79 Å². The van der Waals surface area contributed by atoms with Crippen LogP contribution in [0.4, 0.5) is 0 Å². The molecule has 0 bridgehead atoms. The van der Waals surface area contributed by atoms with Gasteiger partial charge in [-0.3, -0.25) is 13.9 Å². The van der Waals surface area contributed by atoms with Crippen LogP contribution in [0.2, 0.25) is 0 Å². The van der Waals surface area contributed by atoms with Gasteiger partial charge < -0.3 is 0 Å². The molecule has 0 spiro atoms. The minimum absolute atomic E-state index is 0.0639. The Balaban J connectivity index is 1.45.